The molecule has 1 aromatic carbocycles. The number of benzene rings is 1. The standard InChI is InChI=1S/C22H27N5O2/c28-20-11-6-13-25(20)17-8-4-7-16(15-17)22(29)26-14-5-9-18(26)21-24-23-19-10-2-1-3-12-27(19)21/h4,7-8,15,18H,1-3,5-6,9-14H2. The highest BCUT2D eigenvalue weighted by Gasteiger charge is 2.35. The van der Waals surface area contributed by atoms with E-state index in [9.17, 15) is 9.59 Å². The van der Waals surface area contributed by atoms with Gasteiger partial charge in [-0.3, -0.25) is 9.59 Å². The number of rotatable bonds is 3. The number of nitrogens with zero attached hydrogens (tertiary/aromatic N) is 5. The number of hydrogen-bond acceptors (Lipinski definition) is 4. The minimum atomic E-state index is -0.0149. The predicted octanol–water partition coefficient (Wildman–Crippen LogP) is 3.11. The molecule has 3 aliphatic heterocycles. The van der Waals surface area contributed by atoms with E-state index < -0.39 is 0 Å². The molecule has 0 radical (unpaired) electrons. The molecule has 2 amide bonds. The molecule has 29 heavy (non-hydrogen) atoms. The van der Waals surface area contributed by atoms with E-state index in [0.29, 0.717) is 12.0 Å². The second kappa shape index (κ2) is 7.61. The Morgan fingerprint density at radius 2 is 1.90 bits per heavy atom. The lowest BCUT2D eigenvalue weighted by molar-refractivity contribution is -0.117. The Bertz CT molecular complexity index is 937. The molecule has 5 rings (SSSR count). The van der Waals surface area contributed by atoms with Crippen LogP contribution in [0, 0.1) is 0 Å². The average Bonchev–Trinajstić information content (AvgIpc) is 3.44. The van der Waals surface area contributed by atoms with Crippen LogP contribution in [-0.2, 0) is 17.8 Å². The van der Waals surface area contributed by atoms with Crippen LogP contribution in [0.2, 0.25) is 0 Å². The van der Waals surface area contributed by atoms with E-state index in [-0.39, 0.29) is 17.9 Å². The highest BCUT2D eigenvalue weighted by Crippen LogP contribution is 2.34. The van der Waals surface area contributed by atoms with E-state index in [0.717, 1.165) is 75.5 Å². The van der Waals surface area contributed by atoms with Crippen molar-refractivity contribution in [3.8, 4) is 0 Å². The van der Waals surface area contributed by atoms with Crippen molar-refractivity contribution in [3.05, 3.63) is 41.5 Å². The van der Waals surface area contributed by atoms with Crippen molar-refractivity contribution in [3.63, 3.8) is 0 Å². The molecule has 1 unspecified atom stereocenters. The van der Waals surface area contributed by atoms with Crippen molar-refractivity contribution in [2.45, 2.75) is 64.0 Å². The lowest BCUT2D eigenvalue weighted by atomic mass is 10.1. The van der Waals surface area contributed by atoms with Gasteiger partial charge >= 0.3 is 0 Å². The molecule has 0 saturated carbocycles. The molecule has 3 aliphatic rings. The van der Waals surface area contributed by atoms with Crippen LogP contribution in [0.25, 0.3) is 0 Å². The Morgan fingerprint density at radius 1 is 0.966 bits per heavy atom. The first-order valence-corrected chi connectivity index (χ1v) is 10.9. The molecule has 1 atom stereocenters. The van der Waals surface area contributed by atoms with Crippen LogP contribution in [0.1, 0.15) is 73.0 Å². The summed E-state index contributed by atoms with van der Waals surface area (Å²) in [6.45, 7) is 2.41. The van der Waals surface area contributed by atoms with Gasteiger partial charge in [0.15, 0.2) is 5.82 Å². The Labute approximate surface area is 170 Å². The molecule has 7 heteroatoms. The van der Waals surface area contributed by atoms with E-state index in [1.54, 1.807) is 4.90 Å². The molecule has 152 valence electrons. The SMILES string of the molecule is O=C1CCCN1c1cccc(C(=O)N2CCCC2c2nnc3n2CCCCC3)c1. The van der Waals surface area contributed by atoms with Gasteiger partial charge in [0.2, 0.25) is 5.91 Å². The van der Waals surface area contributed by atoms with Crippen molar-refractivity contribution in [1.29, 1.82) is 0 Å². The summed E-state index contributed by atoms with van der Waals surface area (Å²) >= 11 is 0. The largest absolute Gasteiger partial charge is 0.328 e. The minimum absolute atomic E-state index is 0.0149. The molecule has 2 fully saturated rings. The van der Waals surface area contributed by atoms with Crippen molar-refractivity contribution in [2.75, 3.05) is 18.0 Å². The number of hydrogen-bond donors (Lipinski definition) is 0. The third-order valence-corrected chi connectivity index (χ3v) is 6.43. The highest BCUT2D eigenvalue weighted by atomic mass is 16.2. The van der Waals surface area contributed by atoms with Crippen LogP contribution in [-0.4, -0.2) is 44.6 Å². The summed E-state index contributed by atoms with van der Waals surface area (Å²) in [5.74, 6) is 2.16. The lowest BCUT2D eigenvalue weighted by Gasteiger charge is -2.25. The number of carbonyl (C=O) groups is 2. The van der Waals surface area contributed by atoms with Gasteiger partial charge in [0.1, 0.15) is 5.82 Å². The monoisotopic (exact) mass is 393 g/mol. The fourth-order valence-corrected chi connectivity index (χ4v) is 4.93. The fourth-order valence-electron chi connectivity index (χ4n) is 4.93. The van der Waals surface area contributed by atoms with Crippen molar-refractivity contribution in [2.24, 2.45) is 0 Å². The quantitative estimate of drug-likeness (QED) is 0.803. The Morgan fingerprint density at radius 3 is 2.76 bits per heavy atom. The Kier molecular flexibility index (Phi) is 4.81. The van der Waals surface area contributed by atoms with Gasteiger partial charge in [-0.15, -0.1) is 10.2 Å². The first kappa shape index (κ1) is 18.3. The maximum absolute atomic E-state index is 13.4. The molecule has 0 bridgehead atoms. The number of carbonyl (C=O) groups excluding carboxylic acids is 2. The summed E-state index contributed by atoms with van der Waals surface area (Å²) in [5, 5.41) is 8.94. The topological polar surface area (TPSA) is 71.3 Å². The van der Waals surface area contributed by atoms with Gasteiger partial charge in [-0.05, 0) is 50.3 Å². The van der Waals surface area contributed by atoms with Gasteiger partial charge in [-0.1, -0.05) is 12.5 Å². The van der Waals surface area contributed by atoms with E-state index in [4.69, 9.17) is 0 Å². The maximum atomic E-state index is 13.4. The number of aryl methyl sites for hydroxylation is 1. The Hall–Kier alpha value is -2.70. The molecule has 2 saturated heterocycles. The molecule has 0 spiro atoms. The molecule has 2 aromatic rings. The van der Waals surface area contributed by atoms with Gasteiger partial charge < -0.3 is 14.4 Å². The number of likely N-dealkylation sites (tertiary alicyclic amines) is 1. The van der Waals surface area contributed by atoms with Crippen LogP contribution >= 0.6 is 0 Å². The molecule has 4 heterocycles. The number of fused-ring (bicyclic) bond motifs is 1. The molecule has 0 aliphatic carbocycles. The lowest BCUT2D eigenvalue weighted by Crippen LogP contribution is -2.32. The van der Waals surface area contributed by atoms with Gasteiger partial charge in [0, 0.05) is 43.7 Å². The van der Waals surface area contributed by atoms with Crippen LogP contribution in [0.3, 0.4) is 0 Å². The van der Waals surface area contributed by atoms with Gasteiger partial charge in [0.05, 0.1) is 6.04 Å². The van der Waals surface area contributed by atoms with Crippen LogP contribution in [0.5, 0.6) is 0 Å². The zero-order valence-corrected chi connectivity index (χ0v) is 16.7. The molecule has 1 aromatic heterocycles. The van der Waals surface area contributed by atoms with E-state index in [1.165, 1.54) is 6.42 Å². The summed E-state index contributed by atoms with van der Waals surface area (Å²) in [5.41, 5.74) is 1.47. The smallest absolute Gasteiger partial charge is 0.254 e. The molecule has 7 nitrogen and oxygen atoms in total. The first-order chi connectivity index (χ1) is 14.2. The maximum Gasteiger partial charge on any atom is 0.254 e. The van der Waals surface area contributed by atoms with Crippen LogP contribution in [0.15, 0.2) is 24.3 Å². The van der Waals surface area contributed by atoms with Crippen LogP contribution < -0.4 is 4.90 Å². The second-order valence-electron chi connectivity index (χ2n) is 8.29. The third kappa shape index (κ3) is 3.32. The van der Waals surface area contributed by atoms with Crippen LogP contribution in [0.4, 0.5) is 5.69 Å². The van der Waals surface area contributed by atoms with Gasteiger partial charge in [-0.2, -0.15) is 0 Å². The van der Waals surface area contributed by atoms with E-state index >= 15 is 0 Å². The first-order valence-electron chi connectivity index (χ1n) is 10.9. The number of amides is 2. The summed E-state index contributed by atoms with van der Waals surface area (Å²) in [4.78, 5) is 29.2. The van der Waals surface area contributed by atoms with Gasteiger partial charge in [0.25, 0.3) is 5.91 Å². The predicted molar refractivity (Wildman–Crippen MR) is 109 cm³/mol. The second-order valence-corrected chi connectivity index (χ2v) is 8.29. The van der Waals surface area contributed by atoms with Crippen molar-refractivity contribution >= 4 is 17.5 Å². The molecule has 0 N–H and O–H groups in total. The number of anilines is 1. The third-order valence-electron chi connectivity index (χ3n) is 6.43. The molecular formula is C22H27N5O2. The van der Waals surface area contributed by atoms with Crippen molar-refractivity contribution < 1.29 is 9.59 Å². The van der Waals surface area contributed by atoms with Crippen molar-refractivity contribution in [1.82, 2.24) is 19.7 Å². The zero-order valence-electron chi connectivity index (χ0n) is 16.7. The molecular weight excluding hydrogens is 366 g/mol. The summed E-state index contributed by atoms with van der Waals surface area (Å²) in [7, 11) is 0. The minimum Gasteiger partial charge on any atom is -0.328 e. The fraction of sp³-hybridized carbons (Fsp3) is 0.545. The summed E-state index contributed by atoms with van der Waals surface area (Å²) < 4.78 is 2.25. The summed E-state index contributed by atoms with van der Waals surface area (Å²) in [6.07, 6.45) is 7.86. The zero-order chi connectivity index (χ0) is 19.8. The summed E-state index contributed by atoms with van der Waals surface area (Å²) in [6, 6.07) is 7.50. The van der Waals surface area contributed by atoms with E-state index in [1.807, 2.05) is 29.2 Å². The van der Waals surface area contributed by atoms with Gasteiger partial charge in [-0.25, -0.2) is 0 Å². The van der Waals surface area contributed by atoms with E-state index in [2.05, 4.69) is 14.8 Å². The Balaban J connectivity index is 1.41. The average molecular weight is 393 g/mol. The highest BCUT2D eigenvalue weighted by molar-refractivity contribution is 5.99. The normalized spacial score (nSPS) is 22.1. The number of aromatic nitrogens is 3.